The first-order valence-corrected chi connectivity index (χ1v) is 12.3. The monoisotopic (exact) mass is 526 g/mol. The average Bonchev–Trinajstić information content (AvgIpc) is 2.82. The van der Waals surface area contributed by atoms with Gasteiger partial charge in [0.2, 0.25) is 5.91 Å². The lowest BCUT2D eigenvalue weighted by Crippen LogP contribution is -2.40. The van der Waals surface area contributed by atoms with E-state index in [0.29, 0.717) is 28.3 Å². The van der Waals surface area contributed by atoms with Crippen molar-refractivity contribution in [1.29, 1.82) is 0 Å². The Labute approximate surface area is 206 Å². The van der Waals surface area contributed by atoms with Crippen LogP contribution < -0.4 is 14.4 Å². The molecule has 35 heavy (non-hydrogen) atoms. The van der Waals surface area contributed by atoms with Crippen LogP contribution >= 0.6 is 11.6 Å². The molecule has 3 aromatic rings. The topological polar surface area (TPSA) is 75.7 Å². The molecule has 11 heteroatoms. The van der Waals surface area contributed by atoms with E-state index in [1.807, 2.05) is 6.92 Å². The fraction of sp³-hybridized carbons (Fsp3) is 0.208. The third-order valence-corrected chi connectivity index (χ3v) is 7.03. The molecule has 0 unspecified atom stereocenters. The lowest BCUT2D eigenvalue weighted by molar-refractivity contribution is -0.137. The van der Waals surface area contributed by atoms with E-state index in [4.69, 9.17) is 16.3 Å². The Hall–Kier alpha value is -3.24. The molecule has 0 heterocycles. The molecule has 186 valence electrons. The molecule has 0 atom stereocenters. The van der Waals surface area contributed by atoms with Crippen molar-refractivity contribution in [3.8, 4) is 5.75 Å². The van der Waals surface area contributed by atoms with Crippen LogP contribution in [0.1, 0.15) is 18.1 Å². The number of nitrogens with one attached hydrogen (secondary N) is 1. The predicted molar refractivity (Wildman–Crippen MR) is 127 cm³/mol. The van der Waals surface area contributed by atoms with Crippen molar-refractivity contribution >= 4 is 33.2 Å². The van der Waals surface area contributed by atoms with Crippen molar-refractivity contribution in [2.75, 3.05) is 17.5 Å². The number of sulfonamides is 1. The molecule has 3 aromatic carbocycles. The van der Waals surface area contributed by atoms with E-state index < -0.39 is 39.2 Å². The summed E-state index contributed by atoms with van der Waals surface area (Å²) in [7, 11) is -4.39. The number of hydrogen-bond acceptors (Lipinski definition) is 4. The predicted octanol–water partition coefficient (Wildman–Crippen LogP) is 5.27. The number of anilines is 1. The number of amides is 1. The van der Waals surface area contributed by atoms with Gasteiger partial charge >= 0.3 is 6.18 Å². The maximum absolute atomic E-state index is 13.4. The van der Waals surface area contributed by atoms with Crippen LogP contribution in [0.2, 0.25) is 5.02 Å². The minimum absolute atomic E-state index is 0.0304. The number of ether oxygens (including phenoxy) is 1. The number of hydrogen-bond donors (Lipinski definition) is 1. The Morgan fingerprint density at radius 3 is 2.34 bits per heavy atom. The molecule has 0 fully saturated rings. The summed E-state index contributed by atoms with van der Waals surface area (Å²) in [6.07, 6.45) is -4.82. The highest BCUT2D eigenvalue weighted by Gasteiger charge is 2.35. The molecule has 0 aromatic heterocycles. The smallest absolute Gasteiger partial charge is 0.417 e. The van der Waals surface area contributed by atoms with Crippen LogP contribution in [0, 0.1) is 0 Å². The zero-order chi connectivity index (χ0) is 25.6. The Kier molecular flexibility index (Phi) is 8.29. The Morgan fingerprint density at radius 1 is 1.03 bits per heavy atom. The second-order valence-electron chi connectivity index (χ2n) is 7.30. The van der Waals surface area contributed by atoms with Gasteiger partial charge in [0, 0.05) is 12.1 Å². The SMILES string of the molecule is CCOc1ccccc1CNC(=O)CN(c1ccc(Cl)c(C(F)(F)F)c1)S(=O)(=O)c1ccccc1. The van der Waals surface area contributed by atoms with Crippen molar-refractivity contribution in [2.24, 2.45) is 0 Å². The summed E-state index contributed by atoms with van der Waals surface area (Å²) in [5.41, 5.74) is -0.905. The minimum Gasteiger partial charge on any atom is -0.494 e. The molecular weight excluding hydrogens is 505 g/mol. The molecule has 1 amide bonds. The zero-order valence-electron chi connectivity index (χ0n) is 18.5. The lowest BCUT2D eigenvalue weighted by atomic mass is 10.2. The number of rotatable bonds is 9. The van der Waals surface area contributed by atoms with Crippen LogP contribution in [-0.2, 0) is 27.5 Å². The Morgan fingerprint density at radius 2 is 1.69 bits per heavy atom. The summed E-state index contributed by atoms with van der Waals surface area (Å²) in [5.74, 6) is -0.170. The van der Waals surface area contributed by atoms with Crippen LogP contribution in [0.15, 0.2) is 77.7 Å². The second-order valence-corrected chi connectivity index (χ2v) is 9.57. The van der Waals surface area contributed by atoms with Gasteiger partial charge in [0.05, 0.1) is 27.8 Å². The Balaban J connectivity index is 1.94. The van der Waals surface area contributed by atoms with Gasteiger partial charge < -0.3 is 10.1 Å². The van der Waals surface area contributed by atoms with Crippen molar-refractivity contribution in [3.63, 3.8) is 0 Å². The van der Waals surface area contributed by atoms with Gasteiger partial charge in [0.25, 0.3) is 10.0 Å². The largest absolute Gasteiger partial charge is 0.494 e. The van der Waals surface area contributed by atoms with Gasteiger partial charge in [-0.1, -0.05) is 48.0 Å². The number of benzene rings is 3. The van der Waals surface area contributed by atoms with Gasteiger partial charge in [-0.05, 0) is 43.3 Å². The van der Waals surface area contributed by atoms with E-state index in [-0.39, 0.29) is 17.1 Å². The van der Waals surface area contributed by atoms with Crippen molar-refractivity contribution in [3.05, 3.63) is 88.9 Å². The van der Waals surface area contributed by atoms with Crippen LogP contribution in [0.25, 0.3) is 0 Å². The molecular formula is C24H22ClF3N2O4S. The molecule has 0 spiro atoms. The molecule has 0 radical (unpaired) electrons. The van der Waals surface area contributed by atoms with E-state index in [2.05, 4.69) is 5.32 Å². The number of halogens is 4. The van der Waals surface area contributed by atoms with Crippen molar-refractivity contribution < 1.29 is 31.1 Å². The number of para-hydroxylation sites is 1. The van der Waals surface area contributed by atoms with Crippen molar-refractivity contribution in [2.45, 2.75) is 24.5 Å². The van der Waals surface area contributed by atoms with Gasteiger partial charge in [-0.25, -0.2) is 8.42 Å². The normalized spacial score (nSPS) is 11.7. The molecule has 0 saturated carbocycles. The van der Waals surface area contributed by atoms with Gasteiger partial charge in [0.1, 0.15) is 12.3 Å². The average molecular weight is 527 g/mol. The van der Waals surface area contributed by atoms with Gasteiger partial charge in [0.15, 0.2) is 0 Å². The van der Waals surface area contributed by atoms with Crippen LogP contribution in [0.3, 0.4) is 0 Å². The van der Waals surface area contributed by atoms with Crippen LogP contribution in [-0.4, -0.2) is 27.5 Å². The molecule has 0 aliphatic carbocycles. The summed E-state index contributed by atoms with van der Waals surface area (Å²) in [6.45, 7) is 1.49. The molecule has 1 N–H and O–H groups in total. The number of nitrogens with zero attached hydrogens (tertiary/aromatic N) is 1. The first-order valence-electron chi connectivity index (χ1n) is 10.5. The van der Waals surface area contributed by atoms with E-state index in [1.54, 1.807) is 30.3 Å². The van der Waals surface area contributed by atoms with Gasteiger partial charge in [-0.2, -0.15) is 13.2 Å². The zero-order valence-corrected chi connectivity index (χ0v) is 20.1. The summed E-state index contributed by atoms with van der Waals surface area (Å²) in [6, 6.07) is 16.8. The number of carbonyl (C=O) groups excluding carboxylic acids is 1. The van der Waals surface area contributed by atoms with Crippen LogP contribution in [0.5, 0.6) is 5.75 Å². The highest BCUT2D eigenvalue weighted by Crippen LogP contribution is 2.38. The van der Waals surface area contributed by atoms with E-state index >= 15 is 0 Å². The van der Waals surface area contributed by atoms with Gasteiger partial charge in [-0.3, -0.25) is 9.10 Å². The lowest BCUT2D eigenvalue weighted by Gasteiger charge is -2.25. The quantitative estimate of drug-likeness (QED) is 0.412. The fourth-order valence-electron chi connectivity index (χ4n) is 3.25. The minimum atomic E-state index is -4.82. The van der Waals surface area contributed by atoms with E-state index in [9.17, 15) is 26.4 Å². The molecule has 3 rings (SSSR count). The first kappa shape index (κ1) is 26.4. The maximum Gasteiger partial charge on any atom is 0.417 e. The first-order chi connectivity index (χ1) is 16.5. The molecule has 0 saturated heterocycles. The number of alkyl halides is 3. The summed E-state index contributed by atoms with van der Waals surface area (Å²) >= 11 is 5.70. The third kappa shape index (κ3) is 6.46. The van der Waals surface area contributed by atoms with Crippen molar-refractivity contribution in [1.82, 2.24) is 5.32 Å². The summed E-state index contributed by atoms with van der Waals surface area (Å²) in [4.78, 5) is 12.6. The third-order valence-electron chi connectivity index (χ3n) is 4.91. The number of carbonyl (C=O) groups is 1. The highest BCUT2D eigenvalue weighted by molar-refractivity contribution is 7.92. The van der Waals surface area contributed by atoms with Gasteiger partial charge in [-0.15, -0.1) is 0 Å². The fourth-order valence-corrected chi connectivity index (χ4v) is 4.91. The summed E-state index contributed by atoms with van der Waals surface area (Å²) < 4.78 is 73.1. The Bertz CT molecular complexity index is 1290. The molecule has 6 nitrogen and oxygen atoms in total. The molecule has 0 aliphatic heterocycles. The highest BCUT2D eigenvalue weighted by atomic mass is 35.5. The summed E-state index contributed by atoms with van der Waals surface area (Å²) in [5, 5.41) is 2.02. The van der Waals surface area contributed by atoms with E-state index in [0.717, 1.165) is 12.1 Å². The van der Waals surface area contributed by atoms with E-state index in [1.165, 1.54) is 24.3 Å². The second kappa shape index (κ2) is 11.0. The standard InChI is InChI=1S/C24H22ClF3N2O4S/c1-2-34-22-11-7-6-8-17(22)15-29-23(31)16-30(35(32,33)19-9-4-3-5-10-19)18-12-13-21(25)20(14-18)24(26,27)28/h3-14H,2,15-16H2,1H3,(H,29,31). The maximum atomic E-state index is 13.4. The van der Waals surface area contributed by atoms with Crippen LogP contribution in [0.4, 0.5) is 18.9 Å². The molecule has 0 aliphatic rings. The molecule has 0 bridgehead atoms.